The van der Waals surface area contributed by atoms with Gasteiger partial charge in [0.2, 0.25) is 5.91 Å². The second-order valence-electron chi connectivity index (χ2n) is 34.8. The molecule has 0 saturated carbocycles. The number of nitrogens with zero attached hydrogens (tertiary/aromatic N) is 13. The lowest BCUT2D eigenvalue weighted by Gasteiger charge is -2.34. The molecule has 127 heavy (non-hydrogen) atoms. The summed E-state index contributed by atoms with van der Waals surface area (Å²) in [5.74, 6) is -0.355. The van der Waals surface area contributed by atoms with Crippen LogP contribution in [0.3, 0.4) is 0 Å². The van der Waals surface area contributed by atoms with Crippen LogP contribution in [0.1, 0.15) is 162 Å². The van der Waals surface area contributed by atoms with Gasteiger partial charge in [-0.1, -0.05) is 87.6 Å². The van der Waals surface area contributed by atoms with Crippen molar-refractivity contribution < 1.29 is 76.6 Å². The number of carboxylic acids is 1. The molecule has 9 atom stereocenters. The van der Waals surface area contributed by atoms with Crippen molar-refractivity contribution in [3.8, 4) is 22.3 Å². The number of likely N-dealkylation sites (tertiary alicyclic amines) is 2. The minimum atomic E-state index is -1.01. The number of carbonyl (C=O) groups is 8. The number of nitrogens with one attached hydrogen (secondary N) is 1. The third kappa shape index (κ3) is 24.3. The van der Waals surface area contributed by atoms with E-state index in [0.717, 1.165) is 55.7 Å². The first kappa shape index (κ1) is 96.0. The summed E-state index contributed by atoms with van der Waals surface area (Å²) in [6.45, 7) is 29.3. The predicted octanol–water partition coefficient (Wildman–Crippen LogP) is 14.4. The van der Waals surface area contributed by atoms with E-state index in [0.29, 0.717) is 153 Å². The number of ketones is 5. The molecule has 7 aromatic heterocycles. The molecule has 15 rings (SSSR count). The zero-order valence-corrected chi connectivity index (χ0v) is 78.6. The molecule has 6 aliphatic heterocycles. The number of benzene rings is 2. The first-order valence-electron chi connectivity index (χ1n) is 42.3. The average Bonchev–Trinajstić information content (AvgIpc) is 1.63. The molecule has 0 aliphatic carbocycles. The molecule has 33 heteroatoms. The Morgan fingerprint density at radius 1 is 0.496 bits per heavy atom. The van der Waals surface area contributed by atoms with Crippen LogP contribution in [0.5, 0.6) is 0 Å². The Balaban J connectivity index is 0.000000161. The van der Waals surface area contributed by atoms with Gasteiger partial charge in [0.25, 0.3) is 0 Å². The summed E-state index contributed by atoms with van der Waals surface area (Å²) in [6, 6.07) is 20.6. The van der Waals surface area contributed by atoms with E-state index >= 15 is 0 Å². The molecule has 672 valence electrons. The van der Waals surface area contributed by atoms with E-state index in [1.807, 2.05) is 145 Å². The number of aliphatic carboxylic acids is 1. The number of halogens is 3. The molecule has 2 N–H and O–H groups in total. The van der Waals surface area contributed by atoms with Gasteiger partial charge in [0.1, 0.15) is 55.5 Å². The molecule has 6 bridgehead atoms. The Morgan fingerprint density at radius 2 is 0.866 bits per heavy atom. The summed E-state index contributed by atoms with van der Waals surface area (Å²) >= 11 is 10.2. The molecule has 0 unspecified atom stereocenters. The van der Waals surface area contributed by atoms with Gasteiger partial charge in [0.15, 0.2) is 28.9 Å². The number of carboxylic acid groups (broad SMARTS) is 1. The number of carbonyl (C=O) groups excluding carboxylic acids is 7. The third-order valence-corrected chi connectivity index (χ3v) is 25.3. The van der Waals surface area contributed by atoms with Crippen molar-refractivity contribution in [1.29, 1.82) is 0 Å². The summed E-state index contributed by atoms with van der Waals surface area (Å²) in [5.41, 5.74) is 8.24. The van der Waals surface area contributed by atoms with Gasteiger partial charge in [-0.25, -0.2) is 39.7 Å². The quantitative estimate of drug-likeness (QED) is 0.0810. The highest BCUT2D eigenvalue weighted by molar-refractivity contribution is 9.11. The van der Waals surface area contributed by atoms with Gasteiger partial charge in [0.05, 0.1) is 145 Å². The molecule has 3 saturated heterocycles. The first-order chi connectivity index (χ1) is 60.5. The summed E-state index contributed by atoms with van der Waals surface area (Å²) in [5, 5.41) is 22.4. The lowest BCUT2D eigenvalue weighted by Crippen LogP contribution is -2.48. The molecule has 9 aromatic rings. The maximum Gasteiger partial charge on any atom is 0.411 e. The predicted molar refractivity (Wildman–Crippen MR) is 485 cm³/mol. The molecule has 3 fully saturated rings. The smallest absolute Gasteiger partial charge is 0.411 e. The standard InChI is InChI=1S/C35H37BrN6O5.C24H33BrN2O5.C19H25BrN2O3.C16H14N4O3/c1-21(43)34-27-13-24(26-16-37-23(3)38-17-26)7-9-29(27)41(40-34)18-33(45)42-22(2)35(4)15-30(42)31(44)14-28-25(8-10-32(36)39-28)19-46-11-5-6-12-47-20-35;1-16-24(5)13-19(27(16)22(29)32-23(2,3)4)20(28)12-18-17(8-9-21(25)26-18)14-30-10-6-7-11-31-15-24;1-13-19(2)10-16(21-13)17(23)9-15-14(5-6-18(20)22-15)11-24-7-3-4-8-25-12-19;1-9(21)16-13-5-11(12-6-17-10(2)18-7-12)3-4-14(13)20(19-16)8-15(22)23/h5-10,13,16-17,22,30H,11-12,14-15,18-20H2,1-4H3;6-9,16,19H,10-15H2,1-5H3;3-6,13,16,21H,7-12H2,1-2H3;3-7H,8H2,1-2H3,(H,22,23)/t22-,30+,35-;16-,19+,24-;13-,16+,19-;/m111./s1. The van der Waals surface area contributed by atoms with E-state index in [2.05, 4.69) is 126 Å². The topological polar surface area (TPSA) is 366 Å². The number of Topliss-reactive ketones (excluding diaryl/α,β-unsaturated/α-hetero) is 5. The van der Waals surface area contributed by atoms with Crippen molar-refractivity contribution in [3.05, 3.63) is 205 Å². The maximum atomic E-state index is 14.3. The third-order valence-electron chi connectivity index (χ3n) is 24.0. The van der Waals surface area contributed by atoms with Gasteiger partial charge in [-0.3, -0.25) is 47.8 Å². The van der Waals surface area contributed by atoms with Crippen molar-refractivity contribution in [2.75, 3.05) is 59.5 Å². The first-order valence-corrected chi connectivity index (χ1v) is 44.7. The monoisotopic (exact) mass is 1930 g/mol. The Kier molecular flexibility index (Phi) is 32.1. The molecular weight excluding hydrogens is 1820 g/mol. The van der Waals surface area contributed by atoms with E-state index in [1.165, 1.54) is 18.5 Å². The van der Waals surface area contributed by atoms with Gasteiger partial charge in [-0.15, -0.1) is 0 Å². The lowest BCUT2D eigenvalue weighted by atomic mass is 9.82. The second-order valence-corrected chi connectivity index (χ2v) is 37.2. The number of ether oxygens (including phenoxy) is 7. The van der Waals surface area contributed by atoms with Crippen LogP contribution in [-0.2, 0) is 109 Å². The normalized spacial score (nSPS) is 23.2. The molecule has 2 amide bonds. The van der Waals surface area contributed by atoms with Crippen LogP contribution in [-0.4, -0.2) is 218 Å². The number of hydrogen-bond acceptors (Lipinski definition) is 25. The number of aryl methyl sites for hydroxylation is 2. The van der Waals surface area contributed by atoms with Gasteiger partial charge in [0, 0.05) is 94.9 Å². The fourth-order valence-electron chi connectivity index (χ4n) is 16.4. The molecule has 13 heterocycles. The van der Waals surface area contributed by atoms with Crippen LogP contribution in [0, 0.1) is 30.1 Å². The molecule has 0 radical (unpaired) electrons. The van der Waals surface area contributed by atoms with Gasteiger partial charge in [-0.05, 0) is 193 Å². The number of amides is 2. The minimum absolute atomic E-state index is 0.0433. The number of rotatable bonds is 8. The summed E-state index contributed by atoms with van der Waals surface area (Å²) in [7, 11) is 0. The highest BCUT2D eigenvalue weighted by Crippen LogP contribution is 2.45. The van der Waals surface area contributed by atoms with E-state index < -0.39 is 35.2 Å². The summed E-state index contributed by atoms with van der Waals surface area (Å²) in [6.07, 6.45) is 20.3. The van der Waals surface area contributed by atoms with Crippen molar-refractivity contribution in [2.24, 2.45) is 16.2 Å². The number of aromatic nitrogens is 11. The largest absolute Gasteiger partial charge is 0.480 e. The minimum Gasteiger partial charge on any atom is -0.480 e. The molecular formula is C94H109Br3N14O16. The SMILES string of the molecule is CC(=O)c1nn(CC(=O)N2[C@H]3C[C@](C)(COCC=CCOCc4ccc(Br)nc4CC3=O)[C@H]2C)c2ccc(-c3cnc(C)nc3)cc12.CC(=O)c1nn(CC(=O)O)c2ccc(-c3cnc(C)nc3)cc12.C[C@H]1N(C(=O)OC(C)(C)C)[C@H]2C[C@]1(C)COCC=CCOCc1ccc(Br)nc1CC2=O.C[C@H]1N[C@H]2C[C@]1(C)COCC=CCOCc1ccc(Br)nc1CC2=O. The van der Waals surface area contributed by atoms with Crippen molar-refractivity contribution in [3.63, 3.8) is 0 Å². The zero-order chi connectivity index (χ0) is 91.2. The van der Waals surface area contributed by atoms with Crippen LogP contribution in [0.2, 0.25) is 0 Å². The van der Waals surface area contributed by atoms with Gasteiger partial charge < -0.3 is 48.5 Å². The van der Waals surface area contributed by atoms with Crippen molar-refractivity contribution in [2.45, 2.75) is 203 Å². The lowest BCUT2D eigenvalue weighted by molar-refractivity contribution is -0.140. The van der Waals surface area contributed by atoms with Crippen LogP contribution >= 0.6 is 47.8 Å². The maximum absolute atomic E-state index is 14.3. The Morgan fingerprint density at radius 3 is 1.26 bits per heavy atom. The van der Waals surface area contributed by atoms with E-state index in [9.17, 15) is 38.4 Å². The van der Waals surface area contributed by atoms with Crippen LogP contribution in [0.4, 0.5) is 4.79 Å². The van der Waals surface area contributed by atoms with Crippen molar-refractivity contribution in [1.82, 2.24) is 69.6 Å². The van der Waals surface area contributed by atoms with E-state index in [4.69, 9.17) is 38.3 Å². The molecule has 0 spiro atoms. The Bertz CT molecular complexity index is 5640. The van der Waals surface area contributed by atoms with Gasteiger partial charge >= 0.3 is 12.1 Å². The van der Waals surface area contributed by atoms with Crippen LogP contribution < -0.4 is 5.32 Å². The molecule has 30 nitrogen and oxygen atoms in total. The molecule has 6 aliphatic rings. The van der Waals surface area contributed by atoms with E-state index in [-0.39, 0.29) is 107 Å². The summed E-state index contributed by atoms with van der Waals surface area (Å²) in [4.78, 5) is 137. The fraction of sp³-hybridized carbons (Fsp3) is 0.457. The number of pyridine rings is 3. The molecule has 2 aromatic carbocycles. The van der Waals surface area contributed by atoms with Crippen molar-refractivity contribution >= 4 is 116 Å². The highest BCUT2D eigenvalue weighted by atomic mass is 79.9. The fourth-order valence-corrected chi connectivity index (χ4v) is 17.5. The highest BCUT2D eigenvalue weighted by Gasteiger charge is 2.54. The Hall–Kier alpha value is -10.1. The van der Waals surface area contributed by atoms with Crippen LogP contribution in [0.15, 0.2) is 148 Å². The van der Waals surface area contributed by atoms with Crippen LogP contribution in [0.25, 0.3) is 44.1 Å². The number of fused-ring (bicyclic) bond motifs is 11. The summed E-state index contributed by atoms with van der Waals surface area (Å²) < 4.78 is 45.6. The average molecular weight is 1930 g/mol. The zero-order valence-electron chi connectivity index (χ0n) is 73.8. The van der Waals surface area contributed by atoms with E-state index in [1.54, 1.807) is 52.3 Å². The van der Waals surface area contributed by atoms with Gasteiger partial charge in [-0.2, -0.15) is 10.2 Å². The number of hydrogen-bond donors (Lipinski definition) is 2. The second kappa shape index (κ2) is 42.4. The Labute approximate surface area is 763 Å².